The fourth-order valence-electron chi connectivity index (χ4n) is 4.38. The van der Waals surface area contributed by atoms with Crippen LogP contribution < -0.4 is 11.7 Å². The Balaban J connectivity index is 1.94. The van der Waals surface area contributed by atoms with Crippen molar-refractivity contribution in [2.24, 2.45) is 11.7 Å². The van der Waals surface area contributed by atoms with Crippen LogP contribution in [0, 0.1) is 0 Å². The lowest BCUT2D eigenvalue weighted by atomic mass is 9.91. The lowest BCUT2D eigenvalue weighted by Gasteiger charge is -2.36. The van der Waals surface area contributed by atoms with Gasteiger partial charge in [0, 0.05) is 14.2 Å². The first-order valence-electron chi connectivity index (χ1n) is 12.6. The number of ether oxygens (including phenoxy) is 6. The van der Waals surface area contributed by atoms with E-state index in [-0.39, 0.29) is 13.6 Å². The van der Waals surface area contributed by atoms with Crippen LogP contribution in [0.15, 0.2) is 60.7 Å². The van der Waals surface area contributed by atoms with Gasteiger partial charge in [-0.3, -0.25) is 10.0 Å². The number of hydrogen-bond acceptors (Lipinski definition) is 9. The number of urea groups is 1. The molecular formula is C27H40N4O7. The van der Waals surface area contributed by atoms with Crippen LogP contribution >= 0.6 is 0 Å². The van der Waals surface area contributed by atoms with Crippen LogP contribution in [0.25, 0.3) is 0 Å². The maximum atomic E-state index is 13.5. The zero-order valence-corrected chi connectivity index (χ0v) is 22.1. The van der Waals surface area contributed by atoms with Gasteiger partial charge >= 0.3 is 6.03 Å². The topological polar surface area (TPSA) is 131 Å². The van der Waals surface area contributed by atoms with Crippen LogP contribution in [-0.2, 0) is 41.3 Å². The number of nitrogens with zero attached hydrogens (tertiary/aromatic N) is 2. The summed E-state index contributed by atoms with van der Waals surface area (Å²) < 4.78 is 33.9. The molecule has 1 saturated heterocycles. The van der Waals surface area contributed by atoms with Crippen molar-refractivity contribution in [2.75, 3.05) is 54.2 Å². The van der Waals surface area contributed by atoms with Crippen LogP contribution in [-0.4, -0.2) is 94.6 Å². The van der Waals surface area contributed by atoms with Gasteiger partial charge in [-0.25, -0.2) is 16.5 Å². The van der Waals surface area contributed by atoms with Crippen molar-refractivity contribution in [1.82, 2.24) is 10.0 Å². The van der Waals surface area contributed by atoms with Crippen LogP contribution in [0.4, 0.5) is 4.79 Å². The molecule has 0 aliphatic carbocycles. The first-order chi connectivity index (χ1) is 18.6. The van der Waals surface area contributed by atoms with E-state index in [1.165, 1.54) is 0 Å². The number of carbonyl (C=O) groups excluding carboxylic acids is 1. The largest absolute Gasteiger partial charge is 0.382 e. The molecule has 4 N–H and O–H groups in total. The van der Waals surface area contributed by atoms with Crippen LogP contribution in [0.1, 0.15) is 11.1 Å². The van der Waals surface area contributed by atoms with Crippen LogP contribution in [0.3, 0.4) is 0 Å². The van der Waals surface area contributed by atoms with E-state index in [9.17, 15) is 4.79 Å². The summed E-state index contributed by atoms with van der Waals surface area (Å²) in [5, 5.41) is 2.28. The molecule has 2 aromatic carbocycles. The zero-order chi connectivity index (χ0) is 27.2. The Morgan fingerprint density at radius 2 is 1.05 bits per heavy atom. The van der Waals surface area contributed by atoms with Crippen molar-refractivity contribution < 1.29 is 33.2 Å². The maximum absolute atomic E-state index is 13.5. The molecule has 0 radical (unpaired) electrons. The molecule has 210 valence electrons. The monoisotopic (exact) mass is 532 g/mol. The van der Waals surface area contributed by atoms with E-state index in [1.54, 1.807) is 14.2 Å². The van der Waals surface area contributed by atoms with Gasteiger partial charge in [-0.1, -0.05) is 60.7 Å². The average molecular weight is 533 g/mol. The summed E-state index contributed by atoms with van der Waals surface area (Å²) in [6, 6.07) is 17.7. The molecular weight excluding hydrogens is 492 g/mol. The van der Waals surface area contributed by atoms with E-state index >= 15 is 0 Å². The first-order valence-corrected chi connectivity index (χ1v) is 12.6. The fraction of sp³-hybridized carbons (Fsp3) is 0.519. The Kier molecular flexibility index (Phi) is 12.9. The van der Waals surface area contributed by atoms with Crippen LogP contribution in [0.2, 0.25) is 0 Å². The van der Waals surface area contributed by atoms with Gasteiger partial charge in [-0.15, -0.1) is 0 Å². The van der Waals surface area contributed by atoms with Crippen LogP contribution in [0.5, 0.6) is 0 Å². The lowest BCUT2D eigenvalue weighted by Crippen LogP contribution is -2.56. The summed E-state index contributed by atoms with van der Waals surface area (Å²) >= 11 is 0. The van der Waals surface area contributed by atoms with Gasteiger partial charge in [-0.2, -0.15) is 0 Å². The molecule has 0 aromatic heterocycles. The molecule has 3 rings (SSSR count). The number of rotatable bonds is 16. The predicted molar refractivity (Wildman–Crippen MR) is 140 cm³/mol. The summed E-state index contributed by atoms with van der Waals surface area (Å²) in [6.45, 7) is 1.44. The number of amides is 2. The molecule has 0 unspecified atom stereocenters. The molecule has 0 spiro atoms. The summed E-state index contributed by atoms with van der Waals surface area (Å²) in [7, 11) is 3.20. The molecule has 4 atom stereocenters. The van der Waals surface area contributed by atoms with E-state index in [0.29, 0.717) is 39.3 Å². The number of carbonyl (C=O) groups is 1. The van der Waals surface area contributed by atoms with Crippen molar-refractivity contribution in [3.63, 3.8) is 0 Å². The molecule has 11 nitrogen and oxygen atoms in total. The second-order valence-electron chi connectivity index (χ2n) is 8.91. The second-order valence-corrected chi connectivity index (χ2v) is 8.91. The molecule has 38 heavy (non-hydrogen) atoms. The third-order valence-corrected chi connectivity index (χ3v) is 6.37. The smallest absolute Gasteiger partial charge is 0.348 e. The highest BCUT2D eigenvalue weighted by Gasteiger charge is 2.47. The minimum atomic E-state index is -0.694. The predicted octanol–water partition coefficient (Wildman–Crippen LogP) is 1.71. The zero-order valence-electron chi connectivity index (χ0n) is 22.1. The van der Waals surface area contributed by atoms with Gasteiger partial charge < -0.3 is 28.4 Å². The molecule has 0 bridgehead atoms. The maximum Gasteiger partial charge on any atom is 0.348 e. The molecule has 1 heterocycles. The lowest BCUT2D eigenvalue weighted by molar-refractivity contribution is -0.191. The van der Waals surface area contributed by atoms with Crippen molar-refractivity contribution >= 4 is 6.03 Å². The molecule has 0 saturated carbocycles. The van der Waals surface area contributed by atoms with E-state index in [1.807, 2.05) is 60.7 Å². The van der Waals surface area contributed by atoms with Crippen molar-refractivity contribution in [3.05, 3.63) is 71.8 Å². The molecule has 11 heteroatoms. The average Bonchev–Trinajstić information content (AvgIpc) is 3.00. The Morgan fingerprint density at radius 1 is 0.658 bits per heavy atom. The molecule has 2 amide bonds. The fourth-order valence-corrected chi connectivity index (χ4v) is 4.38. The highest BCUT2D eigenvalue weighted by atomic mass is 16.7. The Hall–Kier alpha value is -2.61. The highest BCUT2D eigenvalue weighted by molar-refractivity contribution is 5.74. The minimum absolute atomic E-state index is 0.0473. The summed E-state index contributed by atoms with van der Waals surface area (Å²) in [5.74, 6) is 12.9. The number of hydrazine groups is 2. The van der Waals surface area contributed by atoms with E-state index in [2.05, 4.69) is 0 Å². The summed E-state index contributed by atoms with van der Waals surface area (Å²) in [5.41, 5.74) is 1.96. The SMILES string of the molecule is COCCOCO[C@@H]1[C@@H](OCOCCOC)[C@@H](Cc2ccccc2)N(N)C(=O)N(N)[C@@H]1Cc1ccccc1. The highest BCUT2D eigenvalue weighted by Crippen LogP contribution is 2.28. The van der Waals surface area contributed by atoms with Gasteiger partial charge in [0.05, 0.1) is 38.5 Å². The van der Waals surface area contributed by atoms with Gasteiger partial charge in [0.25, 0.3) is 0 Å². The van der Waals surface area contributed by atoms with Gasteiger partial charge in [0.15, 0.2) is 0 Å². The Labute approximate surface area is 224 Å². The molecule has 1 aliphatic heterocycles. The Bertz CT molecular complexity index is 851. The standard InChI is InChI=1S/C27H40N4O7/c1-33-13-15-35-19-37-25-23(17-21-9-5-3-6-10-21)30(28)27(32)31(29)24(18-22-11-7-4-8-12-22)26(25)38-20-36-16-14-34-2/h3-12,23-26H,13-20,28-29H2,1-2H3/t23-,24-,25+,26+/m1/s1. The minimum Gasteiger partial charge on any atom is -0.382 e. The van der Waals surface area contributed by atoms with Crippen molar-refractivity contribution in [3.8, 4) is 0 Å². The van der Waals surface area contributed by atoms with E-state index in [4.69, 9.17) is 40.1 Å². The second kappa shape index (κ2) is 16.4. The van der Waals surface area contributed by atoms with Gasteiger partial charge in [0.2, 0.25) is 0 Å². The Morgan fingerprint density at radius 3 is 1.42 bits per heavy atom. The van der Waals surface area contributed by atoms with Gasteiger partial charge in [0.1, 0.15) is 25.8 Å². The van der Waals surface area contributed by atoms with Gasteiger partial charge in [-0.05, 0) is 24.0 Å². The summed E-state index contributed by atoms with van der Waals surface area (Å²) in [6.07, 6.45) is -0.551. The summed E-state index contributed by atoms with van der Waals surface area (Å²) in [4.78, 5) is 13.5. The number of nitrogens with two attached hydrogens (primary N) is 2. The number of hydrogen-bond donors (Lipinski definition) is 2. The number of benzene rings is 2. The van der Waals surface area contributed by atoms with E-state index in [0.717, 1.165) is 21.1 Å². The molecule has 1 fully saturated rings. The third kappa shape index (κ3) is 8.72. The molecule has 1 aliphatic rings. The quantitative estimate of drug-likeness (QED) is 0.144. The van der Waals surface area contributed by atoms with Crippen molar-refractivity contribution in [2.45, 2.75) is 37.1 Å². The number of methoxy groups -OCH3 is 2. The van der Waals surface area contributed by atoms with Crippen molar-refractivity contribution in [1.29, 1.82) is 0 Å². The van der Waals surface area contributed by atoms with E-state index < -0.39 is 30.3 Å². The third-order valence-electron chi connectivity index (χ3n) is 6.37. The normalized spacial score (nSPS) is 22.1. The first kappa shape index (κ1) is 29.9. The molecule has 2 aromatic rings.